The van der Waals surface area contributed by atoms with E-state index < -0.39 is 17.5 Å². The van der Waals surface area contributed by atoms with Crippen LogP contribution in [0.4, 0.5) is 4.79 Å². The van der Waals surface area contributed by atoms with Crippen LogP contribution in [0.1, 0.15) is 41.8 Å². The Bertz CT molecular complexity index is 635. The zero-order valence-corrected chi connectivity index (χ0v) is 15.4. The molecule has 1 aliphatic heterocycles. The van der Waals surface area contributed by atoms with Gasteiger partial charge in [0.25, 0.3) is 11.8 Å². The number of urea groups is 1. The number of hydrogen-bond acceptors (Lipinski definition) is 4. The molecule has 2 aliphatic rings. The van der Waals surface area contributed by atoms with Crippen molar-refractivity contribution in [3.8, 4) is 0 Å². The maximum Gasteiger partial charge on any atom is 0.344 e. The van der Waals surface area contributed by atoms with Crippen molar-refractivity contribution in [1.29, 1.82) is 0 Å². The second kappa shape index (κ2) is 5.93. The van der Waals surface area contributed by atoms with E-state index in [9.17, 15) is 14.4 Å². The number of hydrazine groups is 1. The van der Waals surface area contributed by atoms with Gasteiger partial charge in [-0.15, -0.1) is 11.3 Å². The quantitative estimate of drug-likeness (QED) is 0.679. The van der Waals surface area contributed by atoms with E-state index in [1.807, 2.05) is 0 Å². The lowest BCUT2D eigenvalue weighted by molar-refractivity contribution is -0.134. The number of carbonyl (C=O) groups is 3. The summed E-state index contributed by atoms with van der Waals surface area (Å²) in [5, 5.41) is 3.56. The van der Waals surface area contributed by atoms with Gasteiger partial charge in [-0.1, -0.05) is 19.3 Å². The molecule has 2 heterocycles. The van der Waals surface area contributed by atoms with Gasteiger partial charge in [-0.05, 0) is 50.8 Å². The van der Waals surface area contributed by atoms with E-state index >= 15 is 0 Å². The second-order valence-electron chi connectivity index (χ2n) is 5.39. The van der Waals surface area contributed by atoms with E-state index in [0.717, 1.165) is 32.5 Å². The van der Waals surface area contributed by atoms with E-state index in [4.69, 9.17) is 0 Å². The Kier molecular flexibility index (Phi) is 4.30. The molecule has 1 aromatic heterocycles. The molecule has 0 bridgehead atoms. The standard InChI is InChI=1S/C13H13Br2N3O3S/c14-7-6-8(22-9(7)15)10(19)17-18-11(20)13(16-12(18)21)4-2-1-3-5-13/h6H,1-5H2,(H,16,21)(H,17,19). The van der Waals surface area contributed by atoms with E-state index in [-0.39, 0.29) is 5.91 Å². The van der Waals surface area contributed by atoms with Crippen molar-refractivity contribution >= 4 is 61.0 Å². The fourth-order valence-electron chi connectivity index (χ4n) is 2.83. The molecule has 1 saturated heterocycles. The highest BCUT2D eigenvalue weighted by molar-refractivity contribution is 9.13. The molecule has 3 rings (SSSR count). The fraction of sp³-hybridized carbons (Fsp3) is 0.462. The zero-order valence-electron chi connectivity index (χ0n) is 11.4. The highest BCUT2D eigenvalue weighted by Crippen LogP contribution is 2.34. The second-order valence-corrected chi connectivity index (χ2v) is 8.61. The van der Waals surface area contributed by atoms with Gasteiger partial charge in [-0.25, -0.2) is 4.79 Å². The van der Waals surface area contributed by atoms with Crippen LogP contribution in [0.5, 0.6) is 0 Å². The predicted octanol–water partition coefficient (Wildman–Crippen LogP) is 3.17. The first-order chi connectivity index (χ1) is 10.4. The molecule has 1 aliphatic carbocycles. The number of thiophene rings is 1. The molecule has 0 radical (unpaired) electrons. The number of hydrogen-bond donors (Lipinski definition) is 2. The number of nitrogens with zero attached hydrogens (tertiary/aromatic N) is 1. The van der Waals surface area contributed by atoms with E-state index in [1.54, 1.807) is 6.07 Å². The lowest BCUT2D eigenvalue weighted by Gasteiger charge is -2.30. The van der Waals surface area contributed by atoms with Gasteiger partial charge in [0, 0.05) is 4.47 Å². The highest BCUT2D eigenvalue weighted by Gasteiger charge is 2.52. The van der Waals surface area contributed by atoms with Crippen molar-refractivity contribution in [2.24, 2.45) is 0 Å². The summed E-state index contributed by atoms with van der Waals surface area (Å²) in [4.78, 5) is 37.2. The molecular weight excluding hydrogens is 438 g/mol. The lowest BCUT2D eigenvalue weighted by Crippen LogP contribution is -2.50. The van der Waals surface area contributed by atoms with Gasteiger partial charge < -0.3 is 5.32 Å². The van der Waals surface area contributed by atoms with Crippen LogP contribution in [-0.2, 0) is 4.79 Å². The Hall–Kier alpha value is -0.930. The van der Waals surface area contributed by atoms with Crippen molar-refractivity contribution in [3.63, 3.8) is 0 Å². The third-order valence-corrected chi connectivity index (χ3v) is 7.21. The van der Waals surface area contributed by atoms with Crippen LogP contribution >= 0.6 is 43.2 Å². The largest absolute Gasteiger partial charge is 0.344 e. The lowest BCUT2D eigenvalue weighted by atomic mass is 9.82. The van der Waals surface area contributed by atoms with Crippen LogP contribution in [0.2, 0.25) is 0 Å². The number of halogens is 2. The molecular formula is C13H13Br2N3O3S. The molecule has 9 heteroatoms. The third-order valence-electron chi connectivity index (χ3n) is 3.95. The van der Waals surface area contributed by atoms with Crippen molar-refractivity contribution in [2.75, 3.05) is 0 Å². The van der Waals surface area contributed by atoms with Crippen LogP contribution in [0.3, 0.4) is 0 Å². The fourth-order valence-corrected chi connectivity index (χ4v) is 4.76. The molecule has 1 saturated carbocycles. The Labute approximate surface area is 147 Å². The average Bonchev–Trinajstić information content (AvgIpc) is 2.93. The SMILES string of the molecule is O=C(NN1C(=O)NC2(CCCCC2)C1=O)c1cc(Br)c(Br)s1. The van der Waals surface area contributed by atoms with Crippen LogP contribution in [0.15, 0.2) is 14.3 Å². The maximum absolute atomic E-state index is 12.5. The maximum atomic E-state index is 12.5. The molecule has 6 nitrogen and oxygen atoms in total. The van der Waals surface area contributed by atoms with Gasteiger partial charge in [0.2, 0.25) is 0 Å². The molecule has 1 aromatic rings. The number of imide groups is 1. The smallest absolute Gasteiger partial charge is 0.322 e. The van der Waals surface area contributed by atoms with Crippen LogP contribution in [0, 0.1) is 0 Å². The van der Waals surface area contributed by atoms with Crippen molar-refractivity contribution < 1.29 is 14.4 Å². The number of carbonyl (C=O) groups excluding carboxylic acids is 3. The van der Waals surface area contributed by atoms with E-state index in [2.05, 4.69) is 42.6 Å². The molecule has 0 aromatic carbocycles. The minimum absolute atomic E-state index is 0.361. The molecule has 0 atom stereocenters. The first-order valence-electron chi connectivity index (χ1n) is 6.85. The number of rotatable bonds is 2. The molecule has 1 spiro atoms. The normalized spacial score (nSPS) is 20.4. The van der Waals surface area contributed by atoms with Crippen molar-refractivity contribution in [2.45, 2.75) is 37.6 Å². The molecule has 4 amide bonds. The Morgan fingerprint density at radius 3 is 2.55 bits per heavy atom. The van der Waals surface area contributed by atoms with Gasteiger partial charge in [-0.2, -0.15) is 5.01 Å². The average molecular weight is 451 g/mol. The zero-order chi connectivity index (χ0) is 15.9. The summed E-state index contributed by atoms with van der Waals surface area (Å²) < 4.78 is 1.53. The summed E-state index contributed by atoms with van der Waals surface area (Å²) in [5.74, 6) is -0.840. The first kappa shape index (κ1) is 15.9. The summed E-state index contributed by atoms with van der Waals surface area (Å²) in [5.41, 5.74) is 1.57. The van der Waals surface area contributed by atoms with Gasteiger partial charge in [0.15, 0.2) is 0 Å². The van der Waals surface area contributed by atoms with Gasteiger partial charge in [-0.3, -0.25) is 15.0 Å². The summed E-state index contributed by atoms with van der Waals surface area (Å²) in [7, 11) is 0. The van der Waals surface area contributed by atoms with E-state index in [1.165, 1.54) is 11.3 Å². The first-order valence-corrected chi connectivity index (χ1v) is 9.26. The topological polar surface area (TPSA) is 78.5 Å². The van der Waals surface area contributed by atoms with Crippen LogP contribution < -0.4 is 10.7 Å². The molecule has 118 valence electrons. The Morgan fingerprint density at radius 2 is 1.95 bits per heavy atom. The van der Waals surface area contributed by atoms with Crippen LogP contribution in [-0.4, -0.2) is 28.4 Å². The minimum atomic E-state index is -0.834. The predicted molar refractivity (Wildman–Crippen MR) is 88.4 cm³/mol. The van der Waals surface area contributed by atoms with Gasteiger partial charge in [0.1, 0.15) is 5.54 Å². The van der Waals surface area contributed by atoms with Crippen LogP contribution in [0.25, 0.3) is 0 Å². The summed E-state index contributed by atoms with van der Waals surface area (Å²) in [6.07, 6.45) is 4.12. The number of nitrogens with one attached hydrogen (secondary N) is 2. The highest BCUT2D eigenvalue weighted by atomic mass is 79.9. The Balaban J connectivity index is 1.76. The molecule has 0 unspecified atom stereocenters. The summed E-state index contributed by atoms with van der Waals surface area (Å²) >= 11 is 7.84. The molecule has 2 fully saturated rings. The van der Waals surface area contributed by atoms with Gasteiger partial charge in [0.05, 0.1) is 8.66 Å². The molecule has 22 heavy (non-hydrogen) atoms. The minimum Gasteiger partial charge on any atom is -0.322 e. The monoisotopic (exact) mass is 449 g/mol. The van der Waals surface area contributed by atoms with Crippen molar-refractivity contribution in [3.05, 3.63) is 19.2 Å². The summed E-state index contributed by atoms with van der Waals surface area (Å²) in [6.45, 7) is 0. The summed E-state index contributed by atoms with van der Waals surface area (Å²) in [6, 6.07) is 1.08. The Morgan fingerprint density at radius 1 is 1.27 bits per heavy atom. The molecule has 2 N–H and O–H groups in total. The third kappa shape index (κ3) is 2.69. The van der Waals surface area contributed by atoms with E-state index in [0.29, 0.717) is 17.7 Å². The van der Waals surface area contributed by atoms with Crippen molar-refractivity contribution in [1.82, 2.24) is 15.8 Å². The number of amides is 4. The van der Waals surface area contributed by atoms with Gasteiger partial charge >= 0.3 is 6.03 Å².